The minimum atomic E-state index is 0.369. The van der Waals surface area contributed by atoms with Crippen LogP contribution < -0.4 is 0 Å². The van der Waals surface area contributed by atoms with E-state index in [1.807, 2.05) is 0 Å². The smallest absolute Gasteiger partial charge is 0.0125 e. The van der Waals surface area contributed by atoms with Crippen LogP contribution in [0.2, 0.25) is 0 Å². The lowest BCUT2D eigenvalue weighted by Crippen LogP contribution is -2.14. The van der Waals surface area contributed by atoms with Crippen LogP contribution in [0.3, 0.4) is 0 Å². The number of rotatable bonds is 2. The lowest BCUT2D eigenvalue weighted by atomic mass is 9.76. The third-order valence-electron chi connectivity index (χ3n) is 8.45. The van der Waals surface area contributed by atoms with Crippen LogP contribution in [0.15, 0.2) is 151 Å². The second-order valence-electron chi connectivity index (χ2n) is 10.5. The zero-order chi connectivity index (χ0) is 25.1. The molecule has 0 saturated heterocycles. The van der Waals surface area contributed by atoms with Gasteiger partial charge in [0.15, 0.2) is 0 Å². The molecule has 0 bridgehead atoms. The van der Waals surface area contributed by atoms with Gasteiger partial charge in [-0.2, -0.15) is 0 Å². The zero-order valence-electron chi connectivity index (χ0n) is 21.0. The average Bonchev–Trinajstić information content (AvgIpc) is 3.00. The SMILES string of the molecule is C1=CC2=CC=CC(c3ccc(-c4cc5c6ccccc6c6ccccc6c5c5ccccc45)cc3)C2C=C1. The van der Waals surface area contributed by atoms with Crippen molar-refractivity contribution in [2.75, 3.05) is 0 Å². The molecule has 0 spiro atoms. The van der Waals surface area contributed by atoms with Gasteiger partial charge in [0.25, 0.3) is 0 Å². The lowest BCUT2D eigenvalue weighted by molar-refractivity contribution is 0.670. The molecule has 8 rings (SSSR count). The summed E-state index contributed by atoms with van der Waals surface area (Å²) in [5, 5.41) is 10.6. The molecule has 38 heavy (non-hydrogen) atoms. The van der Waals surface area contributed by atoms with Crippen LogP contribution in [0.4, 0.5) is 0 Å². The normalized spacial score (nSPS) is 18.4. The van der Waals surface area contributed by atoms with E-state index in [1.165, 1.54) is 65.4 Å². The molecular formula is C38H26. The monoisotopic (exact) mass is 482 g/mol. The molecule has 0 aliphatic heterocycles. The van der Waals surface area contributed by atoms with E-state index in [-0.39, 0.29) is 0 Å². The van der Waals surface area contributed by atoms with Crippen LogP contribution in [0.5, 0.6) is 0 Å². The van der Waals surface area contributed by atoms with Gasteiger partial charge < -0.3 is 0 Å². The molecule has 6 aromatic carbocycles. The standard InChI is InChI=1S/C38H26/c1-2-12-28-25(10-1)11-9-19-29(28)26-20-22-27(23-21-26)36-24-37-32-15-4-3-13-30(32)31-14-5-7-17-34(31)38(37)35-18-8-6-16-33(35)36/h1-24,28-29H. The van der Waals surface area contributed by atoms with Crippen molar-refractivity contribution in [1.82, 2.24) is 0 Å². The third-order valence-corrected chi connectivity index (χ3v) is 8.45. The Balaban J connectivity index is 1.35. The maximum atomic E-state index is 2.43. The van der Waals surface area contributed by atoms with Gasteiger partial charge in [0.2, 0.25) is 0 Å². The Morgan fingerprint density at radius 1 is 0.447 bits per heavy atom. The molecule has 0 amide bonds. The van der Waals surface area contributed by atoms with E-state index in [2.05, 4.69) is 146 Å². The molecule has 6 aromatic rings. The Hall–Kier alpha value is -4.68. The van der Waals surface area contributed by atoms with Crippen molar-refractivity contribution >= 4 is 43.1 Å². The molecule has 0 nitrogen and oxygen atoms in total. The molecule has 0 fully saturated rings. The van der Waals surface area contributed by atoms with Crippen LogP contribution in [0.25, 0.3) is 54.2 Å². The fourth-order valence-electron chi connectivity index (χ4n) is 6.68. The predicted octanol–water partition coefficient (Wildman–Crippen LogP) is 10.3. The highest BCUT2D eigenvalue weighted by Gasteiger charge is 2.24. The van der Waals surface area contributed by atoms with Crippen LogP contribution in [-0.4, -0.2) is 0 Å². The van der Waals surface area contributed by atoms with E-state index < -0.39 is 0 Å². The molecule has 0 radical (unpaired) electrons. The van der Waals surface area contributed by atoms with Gasteiger partial charge >= 0.3 is 0 Å². The van der Waals surface area contributed by atoms with Crippen LogP contribution >= 0.6 is 0 Å². The van der Waals surface area contributed by atoms with Crippen molar-refractivity contribution in [2.45, 2.75) is 5.92 Å². The zero-order valence-corrected chi connectivity index (χ0v) is 21.0. The second-order valence-corrected chi connectivity index (χ2v) is 10.5. The first-order chi connectivity index (χ1) is 18.9. The predicted molar refractivity (Wildman–Crippen MR) is 164 cm³/mol. The summed E-state index contributed by atoms with van der Waals surface area (Å²) in [7, 11) is 0. The van der Waals surface area contributed by atoms with Gasteiger partial charge in [-0.15, -0.1) is 0 Å². The Labute approximate surface area is 222 Å². The fraction of sp³-hybridized carbons (Fsp3) is 0.0526. The maximum Gasteiger partial charge on any atom is 0.0125 e. The quantitative estimate of drug-likeness (QED) is 0.215. The molecule has 0 heteroatoms. The Bertz CT molecular complexity index is 2010. The Morgan fingerprint density at radius 3 is 1.76 bits per heavy atom. The molecule has 2 aliphatic rings. The minimum Gasteiger partial charge on any atom is -0.0761 e. The van der Waals surface area contributed by atoms with Crippen molar-refractivity contribution in [1.29, 1.82) is 0 Å². The van der Waals surface area contributed by atoms with Gasteiger partial charge in [-0.25, -0.2) is 0 Å². The summed E-state index contributed by atoms with van der Waals surface area (Å²) in [6, 6.07) is 38.3. The molecule has 0 aromatic heterocycles. The fourth-order valence-corrected chi connectivity index (χ4v) is 6.68. The number of allylic oxidation sites excluding steroid dienone is 8. The summed E-state index contributed by atoms with van der Waals surface area (Å²) >= 11 is 0. The van der Waals surface area contributed by atoms with Crippen molar-refractivity contribution in [2.24, 2.45) is 5.92 Å². The number of hydrogen-bond acceptors (Lipinski definition) is 0. The van der Waals surface area contributed by atoms with Gasteiger partial charge in [-0.3, -0.25) is 0 Å². The second kappa shape index (κ2) is 8.43. The molecule has 0 heterocycles. The van der Waals surface area contributed by atoms with Gasteiger partial charge in [0.1, 0.15) is 0 Å². The Morgan fingerprint density at radius 2 is 1.03 bits per heavy atom. The van der Waals surface area contributed by atoms with Crippen molar-refractivity contribution in [3.8, 4) is 11.1 Å². The number of fused-ring (bicyclic) bond motifs is 9. The van der Waals surface area contributed by atoms with Gasteiger partial charge in [-0.1, -0.05) is 140 Å². The maximum absolute atomic E-state index is 2.43. The van der Waals surface area contributed by atoms with E-state index in [0.29, 0.717) is 11.8 Å². The summed E-state index contributed by atoms with van der Waals surface area (Å²) in [4.78, 5) is 0. The van der Waals surface area contributed by atoms with E-state index in [9.17, 15) is 0 Å². The first-order valence-corrected chi connectivity index (χ1v) is 13.5. The highest BCUT2D eigenvalue weighted by Crippen LogP contribution is 2.43. The van der Waals surface area contributed by atoms with Crippen molar-refractivity contribution < 1.29 is 0 Å². The largest absolute Gasteiger partial charge is 0.0761 e. The van der Waals surface area contributed by atoms with Gasteiger partial charge in [0, 0.05) is 11.8 Å². The molecule has 178 valence electrons. The van der Waals surface area contributed by atoms with E-state index in [1.54, 1.807) is 0 Å². The summed E-state index contributed by atoms with van der Waals surface area (Å²) in [6.07, 6.45) is 15.7. The number of benzene rings is 6. The summed E-state index contributed by atoms with van der Waals surface area (Å²) in [5.74, 6) is 0.783. The first kappa shape index (κ1) is 21.4. The van der Waals surface area contributed by atoms with Crippen molar-refractivity contribution in [3.05, 3.63) is 157 Å². The molecule has 0 N–H and O–H groups in total. The highest BCUT2D eigenvalue weighted by atomic mass is 14.3. The van der Waals surface area contributed by atoms with Crippen LogP contribution in [0, 0.1) is 5.92 Å². The average molecular weight is 483 g/mol. The van der Waals surface area contributed by atoms with Crippen LogP contribution in [-0.2, 0) is 0 Å². The molecule has 2 unspecified atom stereocenters. The van der Waals surface area contributed by atoms with E-state index in [4.69, 9.17) is 0 Å². The summed E-state index contributed by atoms with van der Waals surface area (Å²) in [5.41, 5.74) is 5.31. The Kier molecular flexibility index (Phi) is 4.75. The van der Waals surface area contributed by atoms with E-state index >= 15 is 0 Å². The summed E-state index contributed by atoms with van der Waals surface area (Å²) in [6.45, 7) is 0. The number of hydrogen-bond donors (Lipinski definition) is 0. The van der Waals surface area contributed by atoms with Crippen LogP contribution in [0.1, 0.15) is 11.5 Å². The summed E-state index contributed by atoms with van der Waals surface area (Å²) < 4.78 is 0. The topological polar surface area (TPSA) is 0 Å². The highest BCUT2D eigenvalue weighted by molar-refractivity contribution is 6.32. The van der Waals surface area contributed by atoms with Crippen molar-refractivity contribution in [3.63, 3.8) is 0 Å². The molecule has 2 atom stereocenters. The lowest BCUT2D eigenvalue weighted by Gasteiger charge is -2.28. The molecule has 2 aliphatic carbocycles. The molecule has 0 saturated carbocycles. The van der Waals surface area contributed by atoms with Gasteiger partial charge in [-0.05, 0) is 71.4 Å². The minimum absolute atomic E-state index is 0.369. The first-order valence-electron chi connectivity index (χ1n) is 13.5. The van der Waals surface area contributed by atoms with Gasteiger partial charge in [0.05, 0.1) is 0 Å². The molecular weight excluding hydrogens is 456 g/mol. The van der Waals surface area contributed by atoms with E-state index in [0.717, 1.165) is 0 Å². The third kappa shape index (κ3) is 3.17.